The molecule has 1 amide bonds. The van der Waals surface area contributed by atoms with Crippen LogP contribution in [-0.4, -0.2) is 53.7 Å². The minimum atomic E-state index is -1.37. The molecule has 0 aromatic heterocycles. The van der Waals surface area contributed by atoms with E-state index in [1.807, 2.05) is 27.7 Å². The van der Waals surface area contributed by atoms with E-state index in [0.717, 1.165) is 6.42 Å². The minimum absolute atomic E-state index is 0.0996. The van der Waals surface area contributed by atoms with E-state index < -0.39 is 28.8 Å². The predicted octanol–water partition coefficient (Wildman–Crippen LogP) is 3.81. The Morgan fingerprint density at radius 3 is 1.81 bits per heavy atom. The van der Waals surface area contributed by atoms with Gasteiger partial charge in [-0.2, -0.15) is 0 Å². The van der Waals surface area contributed by atoms with Gasteiger partial charge in [-0.3, -0.25) is 0 Å². The summed E-state index contributed by atoms with van der Waals surface area (Å²) in [5.41, 5.74) is 2.45. The first-order valence-corrected chi connectivity index (χ1v) is 11.1. The fraction of sp³-hybridized carbons (Fsp3) is 0.909. The lowest BCUT2D eigenvalue weighted by atomic mass is 9.80. The number of hydrogen-bond acceptors (Lipinski definition) is 7. The zero-order chi connectivity index (χ0) is 24.3. The van der Waals surface area contributed by atoms with Crippen LogP contribution in [-0.2, 0) is 23.6 Å². The van der Waals surface area contributed by atoms with E-state index in [-0.39, 0.29) is 24.9 Å². The Morgan fingerprint density at radius 1 is 0.903 bits per heavy atom. The van der Waals surface area contributed by atoms with Crippen LogP contribution in [0.15, 0.2) is 0 Å². The first-order chi connectivity index (χ1) is 13.8. The van der Waals surface area contributed by atoms with Gasteiger partial charge in [-0.05, 0) is 82.0 Å². The van der Waals surface area contributed by atoms with E-state index in [4.69, 9.17) is 24.5 Å². The maximum atomic E-state index is 13.0. The molecule has 1 aliphatic heterocycles. The minimum Gasteiger partial charge on any atom is -0.458 e. The van der Waals surface area contributed by atoms with E-state index in [1.165, 1.54) is 0 Å². The Hall–Kier alpha value is -1.32. The molecule has 31 heavy (non-hydrogen) atoms. The van der Waals surface area contributed by atoms with Gasteiger partial charge in [-0.1, -0.05) is 12.8 Å². The molecule has 0 aromatic carbocycles. The number of nitrogens with one attached hydrogen (secondary N) is 1. The zero-order valence-corrected chi connectivity index (χ0v) is 21.1. The number of esters is 1. The summed E-state index contributed by atoms with van der Waals surface area (Å²) < 4.78 is 23.0. The highest BCUT2D eigenvalue weighted by molar-refractivity contribution is 6.45. The van der Waals surface area contributed by atoms with Crippen molar-refractivity contribution >= 4 is 19.2 Å². The summed E-state index contributed by atoms with van der Waals surface area (Å²) in [6.45, 7) is 18.6. The Balaban J connectivity index is 2.82. The van der Waals surface area contributed by atoms with Crippen LogP contribution in [0.3, 0.4) is 0 Å². The maximum absolute atomic E-state index is 13.0. The molecular weight excluding hydrogens is 399 g/mol. The topological polar surface area (TPSA) is 109 Å². The average Bonchev–Trinajstić information content (AvgIpc) is 2.74. The van der Waals surface area contributed by atoms with Crippen LogP contribution in [0.25, 0.3) is 0 Å². The molecule has 1 aliphatic rings. The Labute approximate surface area is 188 Å². The quantitative estimate of drug-likeness (QED) is 0.334. The molecule has 1 unspecified atom stereocenters. The molecule has 1 saturated heterocycles. The lowest BCUT2D eigenvalue weighted by molar-refractivity contribution is -0.163. The van der Waals surface area contributed by atoms with E-state index >= 15 is 0 Å². The number of rotatable bonds is 8. The third-order valence-electron chi connectivity index (χ3n) is 5.47. The number of hydrogen-bond donors (Lipinski definition) is 2. The number of carbonyl (C=O) groups excluding carboxylic acids is 2. The zero-order valence-electron chi connectivity index (χ0n) is 21.1. The van der Waals surface area contributed by atoms with Crippen molar-refractivity contribution in [3.05, 3.63) is 0 Å². The molecule has 0 aliphatic carbocycles. The summed E-state index contributed by atoms with van der Waals surface area (Å²) in [6, 6.07) is 0. The van der Waals surface area contributed by atoms with Gasteiger partial charge in [0.05, 0.1) is 11.2 Å². The second-order valence-electron chi connectivity index (χ2n) is 11.3. The van der Waals surface area contributed by atoms with Crippen LogP contribution >= 0.6 is 0 Å². The summed E-state index contributed by atoms with van der Waals surface area (Å²) in [4.78, 5) is 25.5. The highest BCUT2D eigenvalue weighted by Crippen LogP contribution is 2.38. The standard InChI is InChI=1S/C22H43BN2O6/c1-18(2,3)28-16(26)22(15-24,25-17(27)29-19(4,5)6)13-11-12-14-23-30-20(7,8)21(9,10)31-23/h11-15,24H2,1-10H3,(H,25,27). The summed E-state index contributed by atoms with van der Waals surface area (Å²) >= 11 is 0. The largest absolute Gasteiger partial charge is 0.458 e. The van der Waals surface area contributed by atoms with E-state index in [0.29, 0.717) is 19.2 Å². The number of carbonyl (C=O) groups is 2. The second-order valence-corrected chi connectivity index (χ2v) is 11.3. The highest BCUT2D eigenvalue weighted by atomic mass is 16.7. The average molecular weight is 442 g/mol. The van der Waals surface area contributed by atoms with Gasteiger partial charge in [0.1, 0.15) is 11.2 Å². The fourth-order valence-corrected chi connectivity index (χ4v) is 3.15. The number of nitrogens with two attached hydrogens (primary N) is 1. The predicted molar refractivity (Wildman–Crippen MR) is 122 cm³/mol. The molecule has 1 heterocycles. The summed E-state index contributed by atoms with van der Waals surface area (Å²) in [7, 11) is -0.308. The molecule has 0 radical (unpaired) electrons. The second kappa shape index (κ2) is 9.67. The molecule has 9 heteroatoms. The molecule has 0 aromatic rings. The monoisotopic (exact) mass is 442 g/mol. The van der Waals surface area contributed by atoms with Crippen molar-refractivity contribution < 1.29 is 28.4 Å². The molecule has 3 N–H and O–H groups in total. The Bertz CT molecular complexity index is 623. The molecular formula is C22H43BN2O6. The third-order valence-corrected chi connectivity index (χ3v) is 5.47. The molecule has 1 rings (SSSR count). The van der Waals surface area contributed by atoms with Crippen molar-refractivity contribution in [2.75, 3.05) is 6.54 Å². The van der Waals surface area contributed by atoms with E-state index in [2.05, 4.69) is 5.32 Å². The lowest BCUT2D eigenvalue weighted by Gasteiger charge is -2.35. The number of ether oxygens (including phenoxy) is 2. The van der Waals surface area contributed by atoms with Gasteiger partial charge in [0.25, 0.3) is 0 Å². The van der Waals surface area contributed by atoms with Crippen LogP contribution in [0.4, 0.5) is 4.79 Å². The van der Waals surface area contributed by atoms with Crippen molar-refractivity contribution in [3.8, 4) is 0 Å². The smallest absolute Gasteiger partial charge is 0.457 e. The first-order valence-electron chi connectivity index (χ1n) is 11.1. The van der Waals surface area contributed by atoms with Crippen LogP contribution in [0.5, 0.6) is 0 Å². The summed E-state index contributed by atoms with van der Waals surface area (Å²) in [5.74, 6) is -0.566. The molecule has 1 fully saturated rings. The van der Waals surface area contributed by atoms with Gasteiger partial charge in [0, 0.05) is 6.54 Å². The van der Waals surface area contributed by atoms with E-state index in [1.54, 1.807) is 41.5 Å². The summed E-state index contributed by atoms with van der Waals surface area (Å²) in [6.07, 6.45) is 1.65. The van der Waals surface area contributed by atoms with Gasteiger partial charge < -0.3 is 29.8 Å². The SMILES string of the molecule is CC(C)(C)OC(=O)NC(CN)(CCCCB1OC(C)(C)C(C)(C)O1)C(=O)OC(C)(C)C. The number of unbranched alkanes of at least 4 members (excludes halogenated alkanes) is 1. The van der Waals surface area contributed by atoms with Gasteiger partial charge >= 0.3 is 19.2 Å². The highest BCUT2D eigenvalue weighted by Gasteiger charge is 2.50. The Kier molecular flexibility index (Phi) is 8.65. The Morgan fingerprint density at radius 2 is 1.39 bits per heavy atom. The van der Waals surface area contributed by atoms with Crippen LogP contribution in [0.2, 0.25) is 6.32 Å². The summed E-state index contributed by atoms with van der Waals surface area (Å²) in [5, 5.41) is 2.69. The molecule has 0 spiro atoms. The van der Waals surface area contributed by atoms with E-state index in [9.17, 15) is 9.59 Å². The van der Waals surface area contributed by atoms with Crippen molar-refractivity contribution in [1.29, 1.82) is 0 Å². The van der Waals surface area contributed by atoms with Crippen LogP contribution < -0.4 is 11.1 Å². The van der Waals surface area contributed by atoms with Gasteiger partial charge in [-0.25, -0.2) is 9.59 Å². The lowest BCUT2D eigenvalue weighted by Crippen LogP contribution is -2.61. The molecule has 8 nitrogen and oxygen atoms in total. The van der Waals surface area contributed by atoms with Gasteiger partial charge in [0.15, 0.2) is 5.54 Å². The fourth-order valence-electron chi connectivity index (χ4n) is 3.15. The van der Waals surface area contributed by atoms with Crippen molar-refractivity contribution in [2.45, 2.75) is 123 Å². The first kappa shape index (κ1) is 27.7. The van der Waals surface area contributed by atoms with Crippen molar-refractivity contribution in [1.82, 2.24) is 5.32 Å². The van der Waals surface area contributed by atoms with Gasteiger partial charge in [0.2, 0.25) is 0 Å². The third kappa shape index (κ3) is 8.27. The van der Waals surface area contributed by atoms with Crippen molar-refractivity contribution in [3.63, 3.8) is 0 Å². The van der Waals surface area contributed by atoms with Crippen molar-refractivity contribution in [2.24, 2.45) is 5.73 Å². The maximum Gasteiger partial charge on any atom is 0.457 e. The molecule has 0 bridgehead atoms. The normalized spacial score (nSPS) is 20.2. The van der Waals surface area contributed by atoms with Crippen LogP contribution in [0.1, 0.15) is 88.5 Å². The van der Waals surface area contributed by atoms with Gasteiger partial charge in [-0.15, -0.1) is 0 Å². The molecule has 1 atom stereocenters. The molecule has 180 valence electrons. The number of amides is 1. The van der Waals surface area contributed by atoms with Crippen LogP contribution in [0, 0.1) is 0 Å². The molecule has 0 saturated carbocycles. The number of alkyl carbamates (subject to hydrolysis) is 1.